The molecule has 0 atom stereocenters. The minimum atomic E-state index is 0.283. The molecule has 1 N–H and O–H groups in total. The molecule has 3 rings (SSSR count). The van der Waals surface area contributed by atoms with Crippen molar-refractivity contribution < 1.29 is 9.47 Å². The summed E-state index contributed by atoms with van der Waals surface area (Å²) in [6.45, 7) is 5.05. The van der Waals surface area contributed by atoms with Crippen molar-refractivity contribution in [1.82, 2.24) is 9.78 Å². The van der Waals surface area contributed by atoms with E-state index < -0.39 is 0 Å². The van der Waals surface area contributed by atoms with Crippen LogP contribution in [-0.4, -0.2) is 16.6 Å². The van der Waals surface area contributed by atoms with E-state index in [1.54, 1.807) is 0 Å². The topological polar surface area (TPSA) is 48.3 Å². The van der Waals surface area contributed by atoms with E-state index in [4.69, 9.17) is 9.47 Å². The van der Waals surface area contributed by atoms with Gasteiger partial charge in [-0.2, -0.15) is 5.10 Å². The molecule has 0 amide bonds. The number of fused-ring (bicyclic) bond motifs is 1. The highest BCUT2D eigenvalue weighted by molar-refractivity contribution is 9.10. The molecule has 1 aromatic carbocycles. The number of hydrogen-bond donors (Lipinski definition) is 1. The molecule has 6 heteroatoms. The van der Waals surface area contributed by atoms with E-state index in [9.17, 15) is 0 Å². The number of halogens is 1. The first-order valence-electron chi connectivity index (χ1n) is 6.38. The predicted molar refractivity (Wildman–Crippen MR) is 80.3 cm³/mol. The average Bonchev–Trinajstić information content (AvgIpc) is 2.95. The molecule has 2 aromatic rings. The van der Waals surface area contributed by atoms with Gasteiger partial charge < -0.3 is 14.8 Å². The fraction of sp³-hybridized carbons (Fsp3) is 0.357. The van der Waals surface area contributed by atoms with Gasteiger partial charge in [0.2, 0.25) is 6.79 Å². The van der Waals surface area contributed by atoms with E-state index in [0.717, 1.165) is 38.6 Å². The number of aromatic nitrogens is 2. The molecule has 0 bridgehead atoms. The lowest BCUT2D eigenvalue weighted by Gasteiger charge is -2.09. The summed E-state index contributed by atoms with van der Waals surface area (Å²) in [5.41, 5.74) is 4.34. The molecule has 1 aliphatic heterocycles. The monoisotopic (exact) mass is 337 g/mol. The third kappa shape index (κ3) is 2.24. The number of anilines is 1. The minimum absolute atomic E-state index is 0.283. The van der Waals surface area contributed by atoms with Gasteiger partial charge in [0.1, 0.15) is 0 Å². The highest BCUT2D eigenvalue weighted by atomic mass is 79.9. The van der Waals surface area contributed by atoms with Gasteiger partial charge in [0.05, 0.1) is 21.5 Å². The quantitative estimate of drug-likeness (QED) is 0.934. The Balaban J connectivity index is 1.81. The maximum atomic E-state index is 5.43. The molecule has 1 aromatic heterocycles. The first-order chi connectivity index (χ1) is 9.56. The fourth-order valence-corrected chi connectivity index (χ4v) is 2.95. The average molecular weight is 338 g/mol. The lowest BCUT2D eigenvalue weighted by Crippen LogP contribution is -2.02. The molecule has 2 heterocycles. The lowest BCUT2D eigenvalue weighted by molar-refractivity contribution is 0.173. The summed E-state index contributed by atoms with van der Waals surface area (Å²) in [5.74, 6) is 1.57. The van der Waals surface area contributed by atoms with Crippen LogP contribution in [0.2, 0.25) is 0 Å². The summed E-state index contributed by atoms with van der Waals surface area (Å²) in [5, 5.41) is 7.83. The normalized spacial score (nSPS) is 12.8. The molecule has 0 saturated carbocycles. The Bertz CT molecular complexity index is 667. The summed E-state index contributed by atoms with van der Waals surface area (Å²) in [6, 6.07) is 4.04. The van der Waals surface area contributed by atoms with Gasteiger partial charge in [-0.3, -0.25) is 4.68 Å². The Morgan fingerprint density at radius 1 is 1.35 bits per heavy atom. The Morgan fingerprint density at radius 2 is 2.15 bits per heavy atom. The standard InChI is InChI=1S/C14H16BrN3O2/c1-8-13(9(2)18(3)17-8)16-6-10-4-11(15)14-12(5-10)19-7-20-14/h4-5,16H,6-7H2,1-3H3. The Kier molecular flexibility index (Phi) is 3.33. The predicted octanol–water partition coefficient (Wildman–Crippen LogP) is 3.14. The van der Waals surface area contributed by atoms with Crippen LogP contribution in [0.15, 0.2) is 16.6 Å². The van der Waals surface area contributed by atoms with Gasteiger partial charge in [0.25, 0.3) is 0 Å². The second-order valence-electron chi connectivity index (χ2n) is 4.83. The molecule has 0 unspecified atom stereocenters. The molecular weight excluding hydrogens is 322 g/mol. The summed E-state index contributed by atoms with van der Waals surface area (Å²) in [6.07, 6.45) is 0. The number of aryl methyl sites for hydroxylation is 2. The molecule has 106 valence electrons. The van der Waals surface area contributed by atoms with Gasteiger partial charge >= 0.3 is 0 Å². The summed E-state index contributed by atoms with van der Waals surface area (Å²) in [7, 11) is 1.95. The Morgan fingerprint density at radius 3 is 2.85 bits per heavy atom. The molecule has 0 fully saturated rings. The zero-order chi connectivity index (χ0) is 14.3. The van der Waals surface area contributed by atoms with Crippen LogP contribution in [-0.2, 0) is 13.6 Å². The Labute approximate surface area is 126 Å². The first-order valence-corrected chi connectivity index (χ1v) is 7.17. The van der Waals surface area contributed by atoms with Crippen LogP contribution in [0.3, 0.4) is 0 Å². The van der Waals surface area contributed by atoms with Crippen LogP contribution < -0.4 is 14.8 Å². The van der Waals surface area contributed by atoms with Crippen LogP contribution in [0.4, 0.5) is 5.69 Å². The maximum Gasteiger partial charge on any atom is 0.231 e. The van der Waals surface area contributed by atoms with Gasteiger partial charge in [0.15, 0.2) is 11.5 Å². The van der Waals surface area contributed by atoms with Crippen molar-refractivity contribution in [3.63, 3.8) is 0 Å². The van der Waals surface area contributed by atoms with Crippen molar-refractivity contribution in [2.45, 2.75) is 20.4 Å². The maximum absolute atomic E-state index is 5.43. The molecule has 1 aliphatic rings. The number of nitrogens with zero attached hydrogens (tertiary/aromatic N) is 2. The van der Waals surface area contributed by atoms with Crippen LogP contribution in [0.1, 0.15) is 17.0 Å². The molecule has 0 radical (unpaired) electrons. The third-order valence-corrected chi connectivity index (χ3v) is 4.05. The van der Waals surface area contributed by atoms with E-state index in [1.165, 1.54) is 0 Å². The first kappa shape index (κ1) is 13.3. The summed E-state index contributed by atoms with van der Waals surface area (Å²) < 4.78 is 13.6. The number of benzene rings is 1. The second-order valence-corrected chi connectivity index (χ2v) is 5.69. The SMILES string of the molecule is Cc1nn(C)c(C)c1NCc1cc(Br)c2c(c1)OCO2. The lowest BCUT2D eigenvalue weighted by atomic mass is 10.2. The van der Waals surface area contributed by atoms with Gasteiger partial charge in [-0.15, -0.1) is 0 Å². The molecule has 0 spiro atoms. The van der Waals surface area contributed by atoms with Crippen molar-refractivity contribution in [2.24, 2.45) is 7.05 Å². The summed E-state index contributed by atoms with van der Waals surface area (Å²) >= 11 is 3.51. The van der Waals surface area contributed by atoms with Crippen LogP contribution in [0.5, 0.6) is 11.5 Å². The van der Waals surface area contributed by atoms with Gasteiger partial charge in [-0.1, -0.05) is 0 Å². The van der Waals surface area contributed by atoms with Crippen molar-refractivity contribution in [3.8, 4) is 11.5 Å². The largest absolute Gasteiger partial charge is 0.454 e. The van der Waals surface area contributed by atoms with Crippen molar-refractivity contribution in [3.05, 3.63) is 33.6 Å². The highest BCUT2D eigenvalue weighted by Gasteiger charge is 2.18. The number of ether oxygens (including phenoxy) is 2. The van der Waals surface area contributed by atoms with E-state index in [0.29, 0.717) is 6.54 Å². The number of hydrogen-bond acceptors (Lipinski definition) is 4. The van der Waals surface area contributed by atoms with E-state index in [-0.39, 0.29) is 6.79 Å². The minimum Gasteiger partial charge on any atom is -0.454 e. The second kappa shape index (κ2) is 5.01. The Hall–Kier alpha value is -1.69. The van der Waals surface area contributed by atoms with Crippen LogP contribution in [0.25, 0.3) is 0 Å². The van der Waals surface area contributed by atoms with Crippen LogP contribution >= 0.6 is 15.9 Å². The molecule has 20 heavy (non-hydrogen) atoms. The zero-order valence-electron chi connectivity index (χ0n) is 11.7. The number of nitrogens with one attached hydrogen (secondary N) is 1. The van der Waals surface area contributed by atoms with Crippen molar-refractivity contribution in [2.75, 3.05) is 12.1 Å². The highest BCUT2D eigenvalue weighted by Crippen LogP contribution is 2.40. The smallest absolute Gasteiger partial charge is 0.231 e. The van der Waals surface area contributed by atoms with Crippen LogP contribution in [0, 0.1) is 13.8 Å². The molecule has 0 saturated heterocycles. The van der Waals surface area contributed by atoms with Gasteiger partial charge in [-0.05, 0) is 47.5 Å². The third-order valence-electron chi connectivity index (χ3n) is 3.47. The molecular formula is C14H16BrN3O2. The van der Waals surface area contributed by atoms with Gasteiger partial charge in [-0.25, -0.2) is 0 Å². The molecule has 0 aliphatic carbocycles. The van der Waals surface area contributed by atoms with E-state index >= 15 is 0 Å². The zero-order valence-corrected chi connectivity index (χ0v) is 13.2. The fourth-order valence-electron chi connectivity index (χ4n) is 2.34. The molecule has 5 nitrogen and oxygen atoms in total. The van der Waals surface area contributed by atoms with E-state index in [2.05, 4.69) is 33.3 Å². The summed E-state index contributed by atoms with van der Waals surface area (Å²) in [4.78, 5) is 0. The van der Waals surface area contributed by atoms with Crippen molar-refractivity contribution in [1.29, 1.82) is 0 Å². The van der Waals surface area contributed by atoms with Crippen molar-refractivity contribution >= 4 is 21.6 Å². The number of rotatable bonds is 3. The van der Waals surface area contributed by atoms with E-state index in [1.807, 2.05) is 30.8 Å². The van der Waals surface area contributed by atoms with Gasteiger partial charge in [0, 0.05) is 13.6 Å².